The Hall–Kier alpha value is -4.10. The number of hydrogen-bond acceptors (Lipinski definition) is 6. The van der Waals surface area contributed by atoms with Crippen molar-refractivity contribution in [1.82, 2.24) is 4.68 Å². The number of nitrogens with zero attached hydrogens (tertiary/aromatic N) is 3. The van der Waals surface area contributed by atoms with Crippen molar-refractivity contribution in [2.75, 3.05) is 14.2 Å². The van der Waals surface area contributed by atoms with Crippen LogP contribution in [0.15, 0.2) is 98.8 Å². The van der Waals surface area contributed by atoms with E-state index in [0.29, 0.717) is 12.3 Å². The smallest absolute Gasteiger partial charge is 0.206 e. The third kappa shape index (κ3) is 4.51. The number of methoxy groups -OCH3 is 2. The van der Waals surface area contributed by atoms with Crippen molar-refractivity contribution in [2.45, 2.75) is 6.54 Å². The van der Waals surface area contributed by atoms with Gasteiger partial charge in [-0.3, -0.25) is 4.99 Å². The van der Waals surface area contributed by atoms with Crippen molar-refractivity contribution >= 4 is 28.5 Å². The van der Waals surface area contributed by atoms with Gasteiger partial charge in [0.25, 0.3) is 0 Å². The minimum Gasteiger partial charge on any atom is -0.497 e. The standard InChI is InChI=1S/C27H23N3O3S/c1-31-22-13-12-21(25(15-22)32-2)17-29-30-23(26-14-20-10-6-7-11-24(20)33-26)18-34-27(30)28-16-19-8-4-3-5-9-19/h3-15,17-18H,16H2,1-2H3. The quantitative estimate of drug-likeness (QED) is 0.276. The molecular formula is C27H23N3O3S. The number of thiazole rings is 1. The highest BCUT2D eigenvalue weighted by Gasteiger charge is 2.13. The lowest BCUT2D eigenvalue weighted by molar-refractivity contribution is 0.394. The Kier molecular flexibility index (Phi) is 6.27. The summed E-state index contributed by atoms with van der Waals surface area (Å²) < 4.78 is 18.8. The van der Waals surface area contributed by atoms with Crippen molar-refractivity contribution in [2.24, 2.45) is 10.1 Å². The first kappa shape index (κ1) is 21.7. The van der Waals surface area contributed by atoms with Crippen molar-refractivity contribution in [3.05, 3.63) is 100 Å². The third-order valence-electron chi connectivity index (χ3n) is 5.36. The van der Waals surface area contributed by atoms with E-state index in [9.17, 15) is 0 Å². The highest BCUT2D eigenvalue weighted by atomic mass is 32.1. The normalized spacial score (nSPS) is 12.0. The molecule has 0 amide bonds. The largest absolute Gasteiger partial charge is 0.497 e. The van der Waals surface area contributed by atoms with Crippen LogP contribution < -0.4 is 14.3 Å². The zero-order valence-corrected chi connectivity index (χ0v) is 19.7. The van der Waals surface area contributed by atoms with Gasteiger partial charge in [0.1, 0.15) is 22.8 Å². The Balaban J connectivity index is 1.59. The molecule has 34 heavy (non-hydrogen) atoms. The van der Waals surface area contributed by atoms with E-state index in [0.717, 1.165) is 44.1 Å². The monoisotopic (exact) mass is 469 g/mol. The van der Waals surface area contributed by atoms with Gasteiger partial charge in [-0.1, -0.05) is 48.5 Å². The van der Waals surface area contributed by atoms with Crippen LogP contribution in [0.25, 0.3) is 22.4 Å². The molecule has 6 nitrogen and oxygen atoms in total. The fourth-order valence-electron chi connectivity index (χ4n) is 3.59. The zero-order valence-electron chi connectivity index (χ0n) is 18.8. The van der Waals surface area contributed by atoms with E-state index < -0.39 is 0 Å². The van der Waals surface area contributed by atoms with E-state index in [4.69, 9.17) is 24.0 Å². The van der Waals surface area contributed by atoms with Crippen LogP contribution in [0.5, 0.6) is 11.5 Å². The van der Waals surface area contributed by atoms with Gasteiger partial charge < -0.3 is 13.9 Å². The number of hydrogen-bond donors (Lipinski definition) is 0. The van der Waals surface area contributed by atoms with Crippen LogP contribution in [-0.4, -0.2) is 25.1 Å². The van der Waals surface area contributed by atoms with Gasteiger partial charge in [-0.05, 0) is 29.8 Å². The highest BCUT2D eigenvalue weighted by Crippen LogP contribution is 2.28. The van der Waals surface area contributed by atoms with Crippen LogP contribution >= 0.6 is 11.3 Å². The number of rotatable bonds is 7. The molecule has 0 radical (unpaired) electrons. The van der Waals surface area contributed by atoms with E-state index in [1.54, 1.807) is 20.4 Å². The second-order valence-electron chi connectivity index (χ2n) is 7.52. The maximum atomic E-state index is 6.13. The Morgan fingerprint density at radius 3 is 2.56 bits per heavy atom. The molecule has 0 saturated carbocycles. The molecule has 0 aliphatic carbocycles. The molecule has 0 bridgehead atoms. The molecule has 170 valence electrons. The number of fused-ring (bicyclic) bond motifs is 1. The first-order chi connectivity index (χ1) is 16.7. The van der Waals surface area contributed by atoms with E-state index >= 15 is 0 Å². The van der Waals surface area contributed by atoms with Crippen LogP contribution in [0.1, 0.15) is 11.1 Å². The molecule has 2 heterocycles. The molecule has 0 spiro atoms. The topological polar surface area (TPSA) is 61.2 Å². The second kappa shape index (κ2) is 9.80. The molecule has 5 rings (SSSR count). The van der Waals surface area contributed by atoms with Crippen LogP contribution in [0.3, 0.4) is 0 Å². The number of para-hydroxylation sites is 1. The molecule has 0 aliphatic heterocycles. The number of ether oxygens (including phenoxy) is 2. The van der Waals surface area contributed by atoms with Crippen molar-refractivity contribution in [1.29, 1.82) is 0 Å². The summed E-state index contributed by atoms with van der Waals surface area (Å²) in [6.45, 7) is 0.558. The Labute approximate surface area is 201 Å². The van der Waals surface area contributed by atoms with Gasteiger partial charge in [-0.25, -0.2) is 4.68 Å². The van der Waals surface area contributed by atoms with Crippen LogP contribution in [0.4, 0.5) is 0 Å². The van der Waals surface area contributed by atoms with Crippen molar-refractivity contribution in [3.8, 4) is 23.0 Å². The SMILES string of the molecule is COc1ccc(C=Nn2c(-c3cc4ccccc4o3)csc2=NCc2ccccc2)c(OC)c1. The fraction of sp³-hybridized carbons (Fsp3) is 0.111. The zero-order chi connectivity index (χ0) is 23.3. The van der Waals surface area contributed by atoms with E-state index in [-0.39, 0.29) is 0 Å². The van der Waals surface area contributed by atoms with Gasteiger partial charge >= 0.3 is 0 Å². The summed E-state index contributed by atoms with van der Waals surface area (Å²) in [6, 6.07) is 25.8. The van der Waals surface area contributed by atoms with Crippen LogP contribution in [-0.2, 0) is 6.54 Å². The number of aromatic nitrogens is 1. The third-order valence-corrected chi connectivity index (χ3v) is 6.21. The maximum Gasteiger partial charge on any atom is 0.206 e. The lowest BCUT2D eigenvalue weighted by Crippen LogP contribution is -2.12. The molecule has 5 aromatic rings. The molecule has 2 aromatic heterocycles. The summed E-state index contributed by atoms with van der Waals surface area (Å²) in [5, 5.41) is 7.85. The molecule has 0 atom stereocenters. The first-order valence-electron chi connectivity index (χ1n) is 10.8. The molecule has 0 N–H and O–H groups in total. The minimum absolute atomic E-state index is 0.558. The van der Waals surface area contributed by atoms with Gasteiger partial charge in [-0.15, -0.1) is 11.3 Å². The Bertz CT molecular complexity index is 1480. The highest BCUT2D eigenvalue weighted by molar-refractivity contribution is 7.07. The molecule has 0 saturated heterocycles. The van der Waals surface area contributed by atoms with Crippen molar-refractivity contribution < 1.29 is 13.9 Å². The average Bonchev–Trinajstić information content (AvgIpc) is 3.50. The molecule has 0 fully saturated rings. The van der Waals surface area contributed by atoms with Gasteiger partial charge in [-0.2, -0.15) is 5.10 Å². The van der Waals surface area contributed by atoms with Crippen LogP contribution in [0, 0.1) is 0 Å². The van der Waals surface area contributed by atoms with Gasteiger partial charge in [0.05, 0.1) is 27.0 Å². The van der Waals surface area contributed by atoms with E-state index in [1.807, 2.05) is 76.8 Å². The first-order valence-corrected chi connectivity index (χ1v) is 11.6. The van der Waals surface area contributed by atoms with Gasteiger partial charge in [0.15, 0.2) is 5.76 Å². The molecular weight excluding hydrogens is 446 g/mol. The molecule has 3 aromatic carbocycles. The summed E-state index contributed by atoms with van der Waals surface area (Å²) in [4.78, 5) is 5.60. The van der Waals surface area contributed by atoms with Gasteiger partial charge in [0.2, 0.25) is 4.80 Å². The minimum atomic E-state index is 0.558. The van der Waals surface area contributed by atoms with E-state index in [2.05, 4.69) is 12.1 Å². The summed E-state index contributed by atoms with van der Waals surface area (Å²) in [5.74, 6) is 2.13. The van der Waals surface area contributed by atoms with Crippen LogP contribution in [0.2, 0.25) is 0 Å². The summed E-state index contributed by atoms with van der Waals surface area (Å²) >= 11 is 1.52. The lowest BCUT2D eigenvalue weighted by Gasteiger charge is -2.07. The van der Waals surface area contributed by atoms with Gasteiger partial charge in [0, 0.05) is 22.4 Å². The van der Waals surface area contributed by atoms with Crippen molar-refractivity contribution in [3.63, 3.8) is 0 Å². The Morgan fingerprint density at radius 2 is 1.76 bits per heavy atom. The maximum absolute atomic E-state index is 6.13. The number of benzene rings is 3. The summed E-state index contributed by atoms with van der Waals surface area (Å²) in [5.41, 5.74) is 3.62. The second-order valence-corrected chi connectivity index (χ2v) is 8.35. The summed E-state index contributed by atoms with van der Waals surface area (Å²) in [6.07, 6.45) is 1.76. The number of furan rings is 1. The predicted octanol–water partition coefficient (Wildman–Crippen LogP) is 5.96. The van der Waals surface area contributed by atoms with E-state index in [1.165, 1.54) is 11.3 Å². The average molecular weight is 470 g/mol. The lowest BCUT2D eigenvalue weighted by atomic mass is 10.2. The predicted molar refractivity (Wildman–Crippen MR) is 136 cm³/mol. The molecule has 7 heteroatoms. The Morgan fingerprint density at radius 1 is 0.941 bits per heavy atom. The molecule has 0 aliphatic rings. The fourth-order valence-corrected chi connectivity index (χ4v) is 4.40. The molecule has 0 unspecified atom stereocenters. The summed E-state index contributed by atoms with van der Waals surface area (Å²) in [7, 11) is 3.26.